The fraction of sp³-hybridized carbons (Fsp3) is 0.250. The van der Waals surface area contributed by atoms with Crippen LogP contribution >= 0.6 is 0 Å². The number of carbonyl (C=O) groups is 1. The van der Waals surface area contributed by atoms with Crippen LogP contribution in [-0.4, -0.2) is 36.6 Å². The maximum absolute atomic E-state index is 15.0. The van der Waals surface area contributed by atoms with Crippen LogP contribution in [0.4, 0.5) is 17.6 Å². The van der Waals surface area contributed by atoms with Gasteiger partial charge in [-0.2, -0.15) is 0 Å². The van der Waals surface area contributed by atoms with Gasteiger partial charge in [0.1, 0.15) is 28.5 Å². The third-order valence-electron chi connectivity index (χ3n) is 5.76. The van der Waals surface area contributed by atoms with Gasteiger partial charge in [0, 0.05) is 53.7 Å². The highest BCUT2D eigenvalue weighted by atomic mass is 19.4. The second-order valence-electron chi connectivity index (χ2n) is 8.73. The standard InChI is InChI=1S/C24H18F4N4O3/c1-23(2,34)22-29-9-12(10-30-22)15-11-32-19(8-16(15)25)31-20-17(33)7-14(21(20)32)13-5-3-4-6-18(13)35-24(26,27)28/h3-6,8-11,14,34H,7H2,1-2H3/t14-/m1/s1. The summed E-state index contributed by atoms with van der Waals surface area (Å²) in [6, 6.07) is 6.74. The third-order valence-corrected chi connectivity index (χ3v) is 5.76. The average Bonchev–Trinajstić information content (AvgIpc) is 3.29. The molecule has 7 nitrogen and oxygen atoms in total. The molecule has 35 heavy (non-hydrogen) atoms. The first-order chi connectivity index (χ1) is 16.4. The van der Waals surface area contributed by atoms with Gasteiger partial charge >= 0.3 is 6.36 Å². The molecule has 1 aromatic carbocycles. The molecule has 0 saturated heterocycles. The predicted octanol–water partition coefficient (Wildman–Crippen LogP) is 4.77. The largest absolute Gasteiger partial charge is 0.573 e. The van der Waals surface area contributed by atoms with Crippen molar-refractivity contribution in [2.75, 3.05) is 0 Å². The number of aliphatic hydroxyl groups is 1. The number of aromatic nitrogens is 4. The lowest BCUT2D eigenvalue weighted by molar-refractivity contribution is -0.274. The number of rotatable bonds is 4. The van der Waals surface area contributed by atoms with Gasteiger partial charge in [-0.25, -0.2) is 19.3 Å². The van der Waals surface area contributed by atoms with E-state index in [0.717, 1.165) is 6.07 Å². The molecule has 0 aliphatic heterocycles. The van der Waals surface area contributed by atoms with Gasteiger partial charge in [0.2, 0.25) is 0 Å². The summed E-state index contributed by atoms with van der Waals surface area (Å²) < 4.78 is 59.6. The molecule has 1 aliphatic carbocycles. The van der Waals surface area contributed by atoms with Crippen LogP contribution in [0.5, 0.6) is 5.75 Å². The number of ether oxygens (including phenoxy) is 1. The molecule has 5 rings (SSSR count). The number of hydrogen-bond acceptors (Lipinski definition) is 6. The second kappa shape index (κ2) is 7.84. The number of alkyl halides is 3. The summed E-state index contributed by atoms with van der Waals surface area (Å²) in [5, 5.41) is 10.1. The molecule has 1 atom stereocenters. The number of halogens is 4. The zero-order valence-corrected chi connectivity index (χ0v) is 18.5. The van der Waals surface area contributed by atoms with E-state index in [1.54, 1.807) is 6.07 Å². The number of benzene rings is 1. The molecule has 0 amide bonds. The molecule has 11 heteroatoms. The van der Waals surface area contributed by atoms with Crippen molar-refractivity contribution in [1.82, 2.24) is 19.4 Å². The minimum Gasteiger partial charge on any atom is -0.405 e. The molecule has 1 aliphatic rings. The Balaban J connectivity index is 1.64. The Labute approximate surface area is 196 Å². The lowest BCUT2D eigenvalue weighted by atomic mass is 9.95. The number of carbonyl (C=O) groups excluding carboxylic acids is 1. The summed E-state index contributed by atoms with van der Waals surface area (Å²) >= 11 is 0. The number of fused-ring (bicyclic) bond motifs is 3. The summed E-state index contributed by atoms with van der Waals surface area (Å²) in [7, 11) is 0. The lowest BCUT2D eigenvalue weighted by Gasteiger charge is -2.18. The second-order valence-corrected chi connectivity index (χ2v) is 8.73. The Morgan fingerprint density at radius 2 is 1.83 bits per heavy atom. The molecule has 0 fully saturated rings. The maximum atomic E-state index is 15.0. The highest BCUT2D eigenvalue weighted by Crippen LogP contribution is 2.43. The Kier molecular flexibility index (Phi) is 5.13. The van der Waals surface area contributed by atoms with Gasteiger partial charge in [0.15, 0.2) is 11.6 Å². The molecule has 4 aromatic rings. The Bertz CT molecular complexity index is 1460. The monoisotopic (exact) mass is 486 g/mol. The van der Waals surface area contributed by atoms with Crippen LogP contribution in [-0.2, 0) is 5.60 Å². The number of pyridine rings is 1. The maximum Gasteiger partial charge on any atom is 0.573 e. The first kappa shape index (κ1) is 22.9. The minimum absolute atomic E-state index is 0.0713. The van der Waals surface area contributed by atoms with Gasteiger partial charge in [0.25, 0.3) is 0 Å². The molecule has 0 radical (unpaired) electrons. The van der Waals surface area contributed by atoms with Crippen molar-refractivity contribution in [3.63, 3.8) is 0 Å². The fourth-order valence-corrected chi connectivity index (χ4v) is 4.24. The van der Waals surface area contributed by atoms with Gasteiger partial charge in [-0.15, -0.1) is 13.2 Å². The zero-order valence-electron chi connectivity index (χ0n) is 18.5. The van der Waals surface area contributed by atoms with E-state index in [0.29, 0.717) is 11.3 Å². The van der Waals surface area contributed by atoms with Crippen molar-refractivity contribution in [1.29, 1.82) is 0 Å². The smallest absolute Gasteiger partial charge is 0.405 e. The Morgan fingerprint density at radius 3 is 2.49 bits per heavy atom. The van der Waals surface area contributed by atoms with E-state index in [1.807, 2.05) is 0 Å². The van der Waals surface area contributed by atoms with Crippen molar-refractivity contribution < 1.29 is 32.2 Å². The van der Waals surface area contributed by atoms with E-state index in [9.17, 15) is 27.5 Å². The van der Waals surface area contributed by atoms with Crippen molar-refractivity contribution >= 4 is 11.4 Å². The van der Waals surface area contributed by atoms with Crippen LogP contribution in [0.15, 0.2) is 48.9 Å². The summed E-state index contributed by atoms with van der Waals surface area (Å²) in [6.07, 6.45) is -0.882. The molecule has 3 heterocycles. The van der Waals surface area contributed by atoms with E-state index < -0.39 is 29.4 Å². The minimum atomic E-state index is -4.91. The highest BCUT2D eigenvalue weighted by Gasteiger charge is 2.39. The van der Waals surface area contributed by atoms with E-state index in [1.165, 1.54) is 55.0 Å². The number of imidazole rings is 1. The molecule has 0 spiro atoms. The van der Waals surface area contributed by atoms with Crippen LogP contribution in [0.2, 0.25) is 0 Å². The van der Waals surface area contributed by atoms with Gasteiger partial charge < -0.3 is 14.2 Å². The molecule has 0 unspecified atom stereocenters. The van der Waals surface area contributed by atoms with Crippen LogP contribution in [0.25, 0.3) is 16.8 Å². The molecule has 1 N–H and O–H groups in total. The number of Topliss-reactive ketones (excluding diaryl/α,β-unsaturated/α-hetero) is 1. The molecule has 0 bridgehead atoms. The lowest BCUT2D eigenvalue weighted by Crippen LogP contribution is -2.19. The predicted molar refractivity (Wildman–Crippen MR) is 115 cm³/mol. The number of nitrogens with zero attached hydrogens (tertiary/aromatic N) is 4. The molecule has 3 aromatic heterocycles. The zero-order chi connectivity index (χ0) is 25.1. The first-order valence-electron chi connectivity index (χ1n) is 10.6. The molecule has 0 saturated carbocycles. The van der Waals surface area contributed by atoms with E-state index in [4.69, 9.17) is 0 Å². The summed E-state index contributed by atoms with van der Waals surface area (Å²) in [6.45, 7) is 3.03. The van der Waals surface area contributed by atoms with Crippen LogP contribution < -0.4 is 4.74 Å². The van der Waals surface area contributed by atoms with Crippen molar-refractivity contribution in [2.24, 2.45) is 0 Å². The molecular formula is C24H18F4N4O3. The van der Waals surface area contributed by atoms with Crippen molar-refractivity contribution in [3.8, 4) is 16.9 Å². The number of ketones is 1. The first-order valence-corrected chi connectivity index (χ1v) is 10.6. The summed E-state index contributed by atoms with van der Waals surface area (Å²) in [4.78, 5) is 25.1. The van der Waals surface area contributed by atoms with E-state index in [2.05, 4.69) is 19.7 Å². The highest BCUT2D eigenvalue weighted by molar-refractivity contribution is 6.00. The normalized spacial score (nSPS) is 16.1. The summed E-state index contributed by atoms with van der Waals surface area (Å²) in [5.74, 6) is -2.06. The van der Waals surface area contributed by atoms with Crippen LogP contribution in [0, 0.1) is 5.82 Å². The molecular weight excluding hydrogens is 468 g/mol. The topological polar surface area (TPSA) is 89.6 Å². The average molecular weight is 486 g/mol. The number of hydrogen-bond donors (Lipinski definition) is 1. The van der Waals surface area contributed by atoms with Crippen LogP contribution in [0.3, 0.4) is 0 Å². The van der Waals surface area contributed by atoms with Gasteiger partial charge in [-0.05, 0) is 19.9 Å². The SMILES string of the molecule is CC(C)(O)c1ncc(-c2cn3c4c(nc3cc2F)C(=O)C[C@@H]4c2ccccc2OC(F)(F)F)cn1. The van der Waals surface area contributed by atoms with Crippen LogP contribution in [0.1, 0.15) is 53.8 Å². The van der Waals surface area contributed by atoms with Gasteiger partial charge in [0.05, 0.1) is 5.69 Å². The van der Waals surface area contributed by atoms with Crippen molar-refractivity contribution in [3.05, 3.63) is 77.5 Å². The third kappa shape index (κ3) is 4.12. The number of para-hydroxylation sites is 1. The summed E-state index contributed by atoms with van der Waals surface area (Å²) in [5.41, 5.74) is -0.161. The quantitative estimate of drug-likeness (QED) is 0.418. The Morgan fingerprint density at radius 1 is 1.14 bits per heavy atom. The molecule has 180 valence electrons. The van der Waals surface area contributed by atoms with Gasteiger partial charge in [-0.1, -0.05) is 18.2 Å². The van der Waals surface area contributed by atoms with Crippen molar-refractivity contribution in [2.45, 2.75) is 38.1 Å². The van der Waals surface area contributed by atoms with E-state index in [-0.39, 0.29) is 40.5 Å². The fourth-order valence-electron chi connectivity index (χ4n) is 4.24. The van der Waals surface area contributed by atoms with E-state index >= 15 is 0 Å². The Hall–Kier alpha value is -3.86. The van der Waals surface area contributed by atoms with Gasteiger partial charge in [-0.3, -0.25) is 4.79 Å².